The van der Waals surface area contributed by atoms with Crippen LogP contribution in [-0.2, 0) is 11.3 Å². The third-order valence-corrected chi connectivity index (χ3v) is 3.24. The Kier molecular flexibility index (Phi) is 6.39. The fourth-order valence-electron chi connectivity index (χ4n) is 1.97. The molecule has 0 saturated carbocycles. The van der Waals surface area contributed by atoms with Crippen molar-refractivity contribution < 1.29 is 18.7 Å². The van der Waals surface area contributed by atoms with Crippen LogP contribution in [0.15, 0.2) is 42.6 Å². The van der Waals surface area contributed by atoms with E-state index in [1.165, 1.54) is 31.5 Å². The summed E-state index contributed by atoms with van der Waals surface area (Å²) in [5.41, 5.74) is 0.792. The largest absolute Gasteiger partial charge is 0.383 e. The molecule has 1 aromatic carbocycles. The molecular formula is C17H18FN3O3. The lowest BCUT2D eigenvalue weighted by molar-refractivity contribution is 0.0932. The van der Waals surface area contributed by atoms with Gasteiger partial charge in [0.05, 0.1) is 6.61 Å². The standard InChI is InChI=1S/C17H18FN3O3/c1-24-9-8-20-17(23)15-10-12(6-7-19-15)16(22)21-11-13-4-2-3-5-14(13)18/h2-7,10H,8-9,11H2,1H3,(H,20,23)(H,21,22). The maximum absolute atomic E-state index is 13.5. The Balaban J connectivity index is 1.98. The van der Waals surface area contributed by atoms with Crippen molar-refractivity contribution in [3.05, 3.63) is 65.2 Å². The summed E-state index contributed by atoms with van der Waals surface area (Å²) in [6.07, 6.45) is 1.38. The fourth-order valence-corrected chi connectivity index (χ4v) is 1.97. The maximum Gasteiger partial charge on any atom is 0.269 e. The summed E-state index contributed by atoms with van der Waals surface area (Å²) in [6, 6.07) is 9.08. The lowest BCUT2D eigenvalue weighted by Crippen LogP contribution is -2.28. The van der Waals surface area contributed by atoms with E-state index >= 15 is 0 Å². The second-order valence-electron chi connectivity index (χ2n) is 4.95. The predicted molar refractivity (Wildman–Crippen MR) is 86.0 cm³/mol. The van der Waals surface area contributed by atoms with E-state index in [0.717, 1.165) is 0 Å². The second kappa shape index (κ2) is 8.73. The fraction of sp³-hybridized carbons (Fsp3) is 0.235. The highest BCUT2D eigenvalue weighted by molar-refractivity contribution is 5.98. The summed E-state index contributed by atoms with van der Waals surface area (Å²) in [5.74, 6) is -1.19. The minimum Gasteiger partial charge on any atom is -0.383 e. The van der Waals surface area contributed by atoms with E-state index in [4.69, 9.17) is 4.74 Å². The zero-order valence-electron chi connectivity index (χ0n) is 13.2. The highest BCUT2D eigenvalue weighted by Crippen LogP contribution is 2.07. The van der Waals surface area contributed by atoms with Gasteiger partial charge in [0.1, 0.15) is 11.5 Å². The van der Waals surface area contributed by atoms with E-state index in [0.29, 0.717) is 18.7 Å². The number of hydrogen-bond donors (Lipinski definition) is 2. The number of nitrogens with one attached hydrogen (secondary N) is 2. The molecule has 0 spiro atoms. The van der Waals surface area contributed by atoms with Crippen LogP contribution in [0.4, 0.5) is 4.39 Å². The zero-order chi connectivity index (χ0) is 17.4. The third kappa shape index (κ3) is 4.85. The number of rotatable bonds is 7. The van der Waals surface area contributed by atoms with Gasteiger partial charge in [-0.2, -0.15) is 0 Å². The molecular weight excluding hydrogens is 313 g/mol. The average molecular weight is 331 g/mol. The van der Waals surface area contributed by atoms with Gasteiger partial charge < -0.3 is 15.4 Å². The number of aromatic nitrogens is 1. The van der Waals surface area contributed by atoms with Crippen molar-refractivity contribution in [1.82, 2.24) is 15.6 Å². The van der Waals surface area contributed by atoms with Gasteiger partial charge in [-0.05, 0) is 18.2 Å². The molecule has 1 aromatic heterocycles. The van der Waals surface area contributed by atoms with Crippen LogP contribution >= 0.6 is 0 Å². The van der Waals surface area contributed by atoms with Crippen molar-refractivity contribution in [1.29, 1.82) is 0 Å². The monoisotopic (exact) mass is 331 g/mol. The molecule has 0 aliphatic carbocycles. The Hall–Kier alpha value is -2.80. The third-order valence-electron chi connectivity index (χ3n) is 3.24. The lowest BCUT2D eigenvalue weighted by atomic mass is 10.2. The summed E-state index contributed by atoms with van der Waals surface area (Å²) < 4.78 is 18.4. The number of carbonyl (C=O) groups excluding carboxylic acids is 2. The number of benzene rings is 1. The number of nitrogens with zero attached hydrogens (tertiary/aromatic N) is 1. The van der Waals surface area contributed by atoms with Crippen molar-refractivity contribution in [2.24, 2.45) is 0 Å². The second-order valence-corrected chi connectivity index (χ2v) is 4.95. The van der Waals surface area contributed by atoms with Gasteiger partial charge in [0, 0.05) is 37.5 Å². The Labute approximate surface area is 139 Å². The first-order chi connectivity index (χ1) is 11.6. The van der Waals surface area contributed by atoms with Gasteiger partial charge in [0.15, 0.2) is 0 Å². The number of hydrogen-bond acceptors (Lipinski definition) is 4. The predicted octanol–water partition coefficient (Wildman–Crippen LogP) is 1.53. The van der Waals surface area contributed by atoms with Crippen LogP contribution in [-0.4, -0.2) is 37.1 Å². The van der Waals surface area contributed by atoms with E-state index in [1.54, 1.807) is 18.2 Å². The van der Waals surface area contributed by atoms with Gasteiger partial charge in [-0.25, -0.2) is 4.39 Å². The molecule has 2 amide bonds. The Bertz CT molecular complexity index is 722. The first kappa shape index (κ1) is 17.6. The summed E-state index contributed by atoms with van der Waals surface area (Å²) in [7, 11) is 1.53. The van der Waals surface area contributed by atoms with Gasteiger partial charge in [0.25, 0.3) is 11.8 Å². The van der Waals surface area contributed by atoms with Gasteiger partial charge in [-0.1, -0.05) is 18.2 Å². The van der Waals surface area contributed by atoms with Crippen LogP contribution in [0.5, 0.6) is 0 Å². The van der Waals surface area contributed by atoms with Crippen molar-refractivity contribution in [3.8, 4) is 0 Å². The van der Waals surface area contributed by atoms with Gasteiger partial charge in [-0.3, -0.25) is 14.6 Å². The van der Waals surface area contributed by atoms with Crippen LogP contribution in [0.25, 0.3) is 0 Å². The van der Waals surface area contributed by atoms with Gasteiger partial charge in [0.2, 0.25) is 0 Å². The molecule has 1 heterocycles. The van der Waals surface area contributed by atoms with Crippen molar-refractivity contribution in [2.75, 3.05) is 20.3 Å². The average Bonchev–Trinajstić information content (AvgIpc) is 2.61. The quantitative estimate of drug-likeness (QED) is 0.754. The van der Waals surface area contributed by atoms with Crippen molar-refractivity contribution in [3.63, 3.8) is 0 Å². The molecule has 7 heteroatoms. The van der Waals surface area contributed by atoms with Crippen LogP contribution in [0.1, 0.15) is 26.4 Å². The summed E-state index contributed by atoms with van der Waals surface area (Å²) in [4.78, 5) is 28.0. The molecule has 0 unspecified atom stereocenters. The number of ether oxygens (including phenoxy) is 1. The summed E-state index contributed by atoms with van der Waals surface area (Å²) in [6.45, 7) is 0.790. The number of amides is 2. The molecule has 0 aliphatic heterocycles. The minimum atomic E-state index is -0.411. The highest BCUT2D eigenvalue weighted by Gasteiger charge is 2.12. The molecule has 2 rings (SSSR count). The molecule has 0 bridgehead atoms. The van der Waals surface area contributed by atoms with Gasteiger partial charge in [-0.15, -0.1) is 0 Å². The first-order valence-corrected chi connectivity index (χ1v) is 7.36. The number of methoxy groups -OCH3 is 1. The topological polar surface area (TPSA) is 80.3 Å². The normalized spacial score (nSPS) is 10.2. The van der Waals surface area contributed by atoms with Crippen LogP contribution in [0.2, 0.25) is 0 Å². The maximum atomic E-state index is 13.5. The van der Waals surface area contributed by atoms with E-state index in [1.807, 2.05) is 0 Å². The molecule has 126 valence electrons. The minimum absolute atomic E-state index is 0.0587. The number of halogens is 1. The molecule has 0 fully saturated rings. The molecule has 0 aliphatic rings. The SMILES string of the molecule is COCCNC(=O)c1cc(C(=O)NCc2ccccc2F)ccn1. The van der Waals surface area contributed by atoms with E-state index in [9.17, 15) is 14.0 Å². The van der Waals surface area contributed by atoms with Crippen molar-refractivity contribution in [2.45, 2.75) is 6.54 Å². The molecule has 24 heavy (non-hydrogen) atoms. The summed E-state index contributed by atoms with van der Waals surface area (Å²) in [5, 5.41) is 5.24. The number of pyridine rings is 1. The molecule has 0 saturated heterocycles. The molecule has 0 atom stereocenters. The molecule has 2 aromatic rings. The van der Waals surface area contributed by atoms with Crippen LogP contribution in [0, 0.1) is 5.82 Å². The Morgan fingerprint density at radius 3 is 2.71 bits per heavy atom. The van der Waals surface area contributed by atoms with Crippen molar-refractivity contribution >= 4 is 11.8 Å². The van der Waals surface area contributed by atoms with Gasteiger partial charge >= 0.3 is 0 Å². The molecule has 6 nitrogen and oxygen atoms in total. The van der Waals surface area contributed by atoms with Crippen LogP contribution in [0.3, 0.4) is 0 Å². The summed E-state index contributed by atoms with van der Waals surface area (Å²) >= 11 is 0. The van der Waals surface area contributed by atoms with E-state index < -0.39 is 11.8 Å². The zero-order valence-corrected chi connectivity index (χ0v) is 13.2. The molecule has 2 N–H and O–H groups in total. The Morgan fingerprint density at radius 2 is 1.96 bits per heavy atom. The highest BCUT2D eigenvalue weighted by atomic mass is 19.1. The van der Waals surface area contributed by atoms with E-state index in [-0.39, 0.29) is 23.6 Å². The Morgan fingerprint density at radius 1 is 1.17 bits per heavy atom. The van der Waals surface area contributed by atoms with E-state index in [2.05, 4.69) is 15.6 Å². The smallest absolute Gasteiger partial charge is 0.269 e. The molecule has 0 radical (unpaired) electrons. The lowest BCUT2D eigenvalue weighted by Gasteiger charge is -2.08. The first-order valence-electron chi connectivity index (χ1n) is 7.36. The van der Waals surface area contributed by atoms with Crippen LogP contribution < -0.4 is 10.6 Å². The number of carbonyl (C=O) groups is 2.